The maximum atomic E-state index is 12.0. The smallest absolute Gasteiger partial charge is 0.335 e. The van der Waals surface area contributed by atoms with Gasteiger partial charge in [0, 0.05) is 12.2 Å². The monoisotopic (exact) mass is 248 g/mol. The van der Waals surface area contributed by atoms with Crippen LogP contribution in [0.3, 0.4) is 0 Å². The first-order valence-electron chi connectivity index (χ1n) is 6.02. The molecule has 1 aromatic carbocycles. The Hall–Kier alpha value is -1.88. The molecule has 1 fully saturated rings. The fraction of sp³-hybridized carbons (Fsp3) is 0.385. The van der Waals surface area contributed by atoms with Crippen LogP contribution < -0.4 is 10.6 Å². The molecule has 18 heavy (non-hydrogen) atoms. The second-order valence-electron chi connectivity index (χ2n) is 4.42. The summed E-state index contributed by atoms with van der Waals surface area (Å²) in [6.45, 7) is 1.64. The number of benzene rings is 1. The number of hydrogen-bond donors (Lipinski definition) is 3. The molecule has 1 saturated heterocycles. The van der Waals surface area contributed by atoms with E-state index in [2.05, 4.69) is 10.6 Å². The van der Waals surface area contributed by atoms with Crippen LogP contribution in [0.2, 0.25) is 0 Å². The lowest BCUT2D eigenvalue weighted by Crippen LogP contribution is -2.37. The number of carboxylic acids is 1. The molecule has 1 aliphatic rings. The minimum atomic E-state index is -0.995. The SMILES string of the molecule is O=C(O)c1cccc(NC(=O)[C@H]2CCCNC2)c1. The molecule has 0 aromatic heterocycles. The zero-order chi connectivity index (χ0) is 13.0. The van der Waals surface area contributed by atoms with E-state index >= 15 is 0 Å². The molecule has 1 aromatic rings. The number of rotatable bonds is 3. The number of anilines is 1. The maximum absolute atomic E-state index is 12.0. The highest BCUT2D eigenvalue weighted by molar-refractivity contribution is 5.95. The van der Waals surface area contributed by atoms with Crippen molar-refractivity contribution < 1.29 is 14.7 Å². The number of aromatic carboxylic acids is 1. The van der Waals surface area contributed by atoms with E-state index in [4.69, 9.17) is 5.11 Å². The first-order chi connectivity index (χ1) is 8.66. The molecule has 0 saturated carbocycles. The zero-order valence-corrected chi connectivity index (χ0v) is 9.98. The maximum Gasteiger partial charge on any atom is 0.335 e. The number of nitrogens with one attached hydrogen (secondary N) is 2. The Balaban J connectivity index is 2.02. The third-order valence-electron chi connectivity index (χ3n) is 3.04. The van der Waals surface area contributed by atoms with E-state index in [1.54, 1.807) is 12.1 Å². The van der Waals surface area contributed by atoms with Gasteiger partial charge in [-0.2, -0.15) is 0 Å². The van der Waals surface area contributed by atoms with Gasteiger partial charge < -0.3 is 15.7 Å². The summed E-state index contributed by atoms with van der Waals surface area (Å²) in [5.74, 6) is -1.08. The summed E-state index contributed by atoms with van der Waals surface area (Å²) in [7, 11) is 0. The van der Waals surface area contributed by atoms with Crippen LogP contribution in [0.1, 0.15) is 23.2 Å². The molecule has 5 nitrogen and oxygen atoms in total. The Morgan fingerprint density at radius 3 is 2.89 bits per heavy atom. The number of carbonyl (C=O) groups excluding carboxylic acids is 1. The average molecular weight is 248 g/mol. The minimum absolute atomic E-state index is 0.0350. The lowest BCUT2D eigenvalue weighted by Gasteiger charge is -2.21. The number of amides is 1. The van der Waals surface area contributed by atoms with Gasteiger partial charge in [-0.25, -0.2) is 4.79 Å². The average Bonchev–Trinajstić information content (AvgIpc) is 2.40. The second-order valence-corrected chi connectivity index (χ2v) is 4.42. The summed E-state index contributed by atoms with van der Waals surface area (Å²) >= 11 is 0. The Kier molecular flexibility index (Phi) is 3.94. The molecule has 0 spiro atoms. The molecule has 5 heteroatoms. The van der Waals surface area contributed by atoms with Gasteiger partial charge >= 0.3 is 5.97 Å². The first kappa shape index (κ1) is 12.6. The molecule has 1 aliphatic heterocycles. The van der Waals surface area contributed by atoms with Crippen LogP contribution in [0.25, 0.3) is 0 Å². The van der Waals surface area contributed by atoms with Crippen LogP contribution in [-0.4, -0.2) is 30.1 Å². The molecule has 0 unspecified atom stereocenters. The molecule has 1 amide bonds. The molecule has 0 bridgehead atoms. The van der Waals surface area contributed by atoms with E-state index in [1.165, 1.54) is 12.1 Å². The molecule has 1 atom stereocenters. The zero-order valence-electron chi connectivity index (χ0n) is 9.98. The van der Waals surface area contributed by atoms with E-state index in [9.17, 15) is 9.59 Å². The van der Waals surface area contributed by atoms with E-state index in [0.29, 0.717) is 12.2 Å². The van der Waals surface area contributed by atoms with Crippen molar-refractivity contribution in [2.75, 3.05) is 18.4 Å². The number of carboxylic acid groups (broad SMARTS) is 1. The molecule has 0 radical (unpaired) electrons. The number of carbonyl (C=O) groups is 2. The lowest BCUT2D eigenvalue weighted by molar-refractivity contribution is -0.120. The highest BCUT2D eigenvalue weighted by Gasteiger charge is 2.20. The molecular weight excluding hydrogens is 232 g/mol. The van der Waals surface area contributed by atoms with Crippen molar-refractivity contribution in [2.45, 2.75) is 12.8 Å². The second kappa shape index (κ2) is 5.64. The van der Waals surface area contributed by atoms with Crippen molar-refractivity contribution in [1.82, 2.24) is 5.32 Å². The predicted octanol–water partition coefficient (Wildman–Crippen LogP) is 1.32. The summed E-state index contributed by atoms with van der Waals surface area (Å²) < 4.78 is 0. The molecule has 1 heterocycles. The van der Waals surface area contributed by atoms with Gasteiger partial charge in [0.15, 0.2) is 0 Å². The fourth-order valence-corrected chi connectivity index (χ4v) is 2.05. The van der Waals surface area contributed by atoms with Crippen LogP contribution in [-0.2, 0) is 4.79 Å². The summed E-state index contributed by atoms with van der Waals surface area (Å²) in [4.78, 5) is 22.8. The van der Waals surface area contributed by atoms with Gasteiger partial charge in [0.05, 0.1) is 11.5 Å². The van der Waals surface area contributed by atoms with Crippen molar-refractivity contribution in [1.29, 1.82) is 0 Å². The minimum Gasteiger partial charge on any atom is -0.478 e. The Morgan fingerprint density at radius 1 is 1.39 bits per heavy atom. The standard InChI is InChI=1S/C13H16N2O3/c16-12(10-4-2-6-14-8-10)15-11-5-1-3-9(7-11)13(17)18/h1,3,5,7,10,14H,2,4,6,8H2,(H,15,16)(H,17,18)/t10-/m0/s1. The summed E-state index contributed by atoms with van der Waals surface area (Å²) in [5.41, 5.74) is 0.708. The summed E-state index contributed by atoms with van der Waals surface area (Å²) in [6.07, 6.45) is 1.87. The van der Waals surface area contributed by atoms with E-state index in [1.807, 2.05) is 0 Å². The summed E-state index contributed by atoms with van der Waals surface area (Å²) in [6, 6.07) is 6.29. The largest absolute Gasteiger partial charge is 0.478 e. The summed E-state index contributed by atoms with van der Waals surface area (Å²) in [5, 5.41) is 14.8. The Morgan fingerprint density at radius 2 is 2.22 bits per heavy atom. The molecular formula is C13H16N2O3. The van der Waals surface area contributed by atoms with Crippen molar-refractivity contribution in [3.05, 3.63) is 29.8 Å². The normalized spacial score (nSPS) is 19.2. The molecule has 96 valence electrons. The molecule has 3 N–H and O–H groups in total. The quantitative estimate of drug-likeness (QED) is 0.754. The Bertz CT molecular complexity index is 453. The van der Waals surface area contributed by atoms with Crippen LogP contribution in [0, 0.1) is 5.92 Å². The van der Waals surface area contributed by atoms with Gasteiger partial charge in [-0.15, -0.1) is 0 Å². The van der Waals surface area contributed by atoms with Crippen molar-refractivity contribution in [2.24, 2.45) is 5.92 Å². The molecule has 2 rings (SSSR count). The van der Waals surface area contributed by atoms with E-state index in [-0.39, 0.29) is 17.4 Å². The number of hydrogen-bond acceptors (Lipinski definition) is 3. The van der Waals surface area contributed by atoms with E-state index < -0.39 is 5.97 Å². The third kappa shape index (κ3) is 3.07. The van der Waals surface area contributed by atoms with Crippen LogP contribution in [0.5, 0.6) is 0 Å². The first-order valence-corrected chi connectivity index (χ1v) is 6.02. The lowest BCUT2D eigenvalue weighted by atomic mass is 9.99. The van der Waals surface area contributed by atoms with Gasteiger partial charge in [-0.3, -0.25) is 4.79 Å². The highest BCUT2D eigenvalue weighted by atomic mass is 16.4. The van der Waals surface area contributed by atoms with Crippen LogP contribution in [0.4, 0.5) is 5.69 Å². The fourth-order valence-electron chi connectivity index (χ4n) is 2.05. The van der Waals surface area contributed by atoms with Gasteiger partial charge in [-0.05, 0) is 37.6 Å². The Labute approximate surface area is 105 Å². The van der Waals surface area contributed by atoms with Crippen LogP contribution >= 0.6 is 0 Å². The van der Waals surface area contributed by atoms with Gasteiger partial charge in [0.2, 0.25) is 5.91 Å². The topological polar surface area (TPSA) is 78.4 Å². The molecule has 0 aliphatic carbocycles. The van der Waals surface area contributed by atoms with Gasteiger partial charge in [0.1, 0.15) is 0 Å². The van der Waals surface area contributed by atoms with E-state index in [0.717, 1.165) is 19.4 Å². The van der Waals surface area contributed by atoms with Crippen molar-refractivity contribution >= 4 is 17.6 Å². The van der Waals surface area contributed by atoms with Gasteiger partial charge in [-0.1, -0.05) is 6.07 Å². The van der Waals surface area contributed by atoms with Crippen LogP contribution in [0.15, 0.2) is 24.3 Å². The predicted molar refractivity (Wildman–Crippen MR) is 67.6 cm³/mol. The van der Waals surface area contributed by atoms with Gasteiger partial charge in [0.25, 0.3) is 0 Å². The third-order valence-corrected chi connectivity index (χ3v) is 3.04. The van der Waals surface area contributed by atoms with Crippen molar-refractivity contribution in [3.63, 3.8) is 0 Å². The number of piperidine rings is 1. The highest BCUT2D eigenvalue weighted by Crippen LogP contribution is 2.15. The van der Waals surface area contributed by atoms with Crippen molar-refractivity contribution in [3.8, 4) is 0 Å².